The number of rotatable bonds is 8. The van der Waals surface area contributed by atoms with Crippen LogP contribution in [-0.2, 0) is 28.5 Å². The molecule has 39 heavy (non-hydrogen) atoms. The van der Waals surface area contributed by atoms with E-state index in [1.54, 1.807) is 54.6 Å². The van der Waals surface area contributed by atoms with E-state index in [0.717, 1.165) is 0 Å². The summed E-state index contributed by atoms with van der Waals surface area (Å²) in [7, 11) is 0. The summed E-state index contributed by atoms with van der Waals surface area (Å²) in [6.45, 7) is 0.722. The molecule has 0 unspecified atom stereocenters. The summed E-state index contributed by atoms with van der Waals surface area (Å²) >= 11 is 0. The van der Waals surface area contributed by atoms with E-state index in [-0.39, 0.29) is 16.7 Å². The molecule has 1 heterocycles. The minimum Gasteiger partial charge on any atom is -0.463 e. The lowest BCUT2D eigenvalue weighted by atomic mass is 9.97. The largest absolute Gasteiger partial charge is 0.463 e. The molecule has 1 N–H and O–H groups in total. The minimum atomic E-state index is -1.82. The minimum absolute atomic E-state index is 0.163. The maximum atomic E-state index is 13.1. The van der Waals surface area contributed by atoms with Gasteiger partial charge in [0.25, 0.3) is 0 Å². The molecule has 5 atom stereocenters. The molecule has 4 rings (SSSR count). The SMILES string of the molecule is CC(=O)OC[C@H]1O[C@@H](O)[C@H](OC(=O)c2ccccc2)[C@@H](OC(=O)c2ccccc2)[C@H]1OC(=O)c1ccccc1. The lowest BCUT2D eigenvalue weighted by Crippen LogP contribution is -2.62. The fraction of sp³-hybridized carbons (Fsp3) is 0.241. The number of hydrogen-bond donors (Lipinski definition) is 1. The van der Waals surface area contributed by atoms with Gasteiger partial charge in [-0.3, -0.25) is 4.79 Å². The van der Waals surface area contributed by atoms with E-state index < -0.39 is 61.2 Å². The third-order valence-electron chi connectivity index (χ3n) is 5.82. The molecule has 202 valence electrons. The molecule has 10 nitrogen and oxygen atoms in total. The molecule has 1 saturated heterocycles. The molecule has 0 amide bonds. The van der Waals surface area contributed by atoms with Crippen LogP contribution in [0.2, 0.25) is 0 Å². The van der Waals surface area contributed by atoms with Crippen molar-refractivity contribution in [2.45, 2.75) is 37.6 Å². The summed E-state index contributed by atoms with van der Waals surface area (Å²) in [5.41, 5.74) is 0.509. The van der Waals surface area contributed by atoms with Crippen LogP contribution in [-0.4, -0.2) is 66.3 Å². The Hall–Kier alpha value is -4.54. The second-order valence-electron chi connectivity index (χ2n) is 8.58. The van der Waals surface area contributed by atoms with Gasteiger partial charge in [-0.05, 0) is 36.4 Å². The summed E-state index contributed by atoms with van der Waals surface area (Å²) in [4.78, 5) is 50.5. The van der Waals surface area contributed by atoms with E-state index in [4.69, 9.17) is 23.7 Å². The zero-order chi connectivity index (χ0) is 27.8. The molecule has 10 heteroatoms. The molecule has 0 aliphatic carbocycles. The van der Waals surface area contributed by atoms with Gasteiger partial charge >= 0.3 is 23.9 Å². The van der Waals surface area contributed by atoms with Crippen LogP contribution in [0.15, 0.2) is 91.0 Å². The molecule has 0 bridgehead atoms. The van der Waals surface area contributed by atoms with Gasteiger partial charge in [-0.15, -0.1) is 0 Å². The van der Waals surface area contributed by atoms with E-state index >= 15 is 0 Å². The molecular weight excluding hydrogens is 508 g/mol. The molecule has 1 aliphatic heterocycles. The van der Waals surface area contributed by atoms with Gasteiger partial charge in [0.05, 0.1) is 16.7 Å². The predicted molar refractivity (Wildman–Crippen MR) is 134 cm³/mol. The van der Waals surface area contributed by atoms with Gasteiger partial charge in [-0.1, -0.05) is 54.6 Å². The smallest absolute Gasteiger partial charge is 0.338 e. The van der Waals surface area contributed by atoms with Crippen molar-refractivity contribution >= 4 is 23.9 Å². The fourth-order valence-electron chi connectivity index (χ4n) is 3.93. The van der Waals surface area contributed by atoms with Crippen molar-refractivity contribution in [1.82, 2.24) is 0 Å². The zero-order valence-electron chi connectivity index (χ0n) is 20.9. The van der Waals surface area contributed by atoms with Crippen LogP contribution in [0.3, 0.4) is 0 Å². The fourth-order valence-corrected chi connectivity index (χ4v) is 3.93. The second kappa shape index (κ2) is 12.8. The molecular formula is C29H26O10. The van der Waals surface area contributed by atoms with Crippen molar-refractivity contribution in [3.05, 3.63) is 108 Å². The first-order chi connectivity index (χ1) is 18.8. The van der Waals surface area contributed by atoms with Gasteiger partial charge in [-0.25, -0.2) is 14.4 Å². The average molecular weight is 535 g/mol. The zero-order valence-corrected chi connectivity index (χ0v) is 20.9. The number of ether oxygens (including phenoxy) is 5. The highest BCUT2D eigenvalue weighted by Gasteiger charge is 2.52. The lowest BCUT2D eigenvalue weighted by Gasteiger charge is -2.42. The molecule has 1 aliphatic rings. The molecule has 0 saturated carbocycles. The quantitative estimate of drug-likeness (QED) is 0.339. The molecule has 0 radical (unpaired) electrons. The maximum Gasteiger partial charge on any atom is 0.338 e. The van der Waals surface area contributed by atoms with Gasteiger partial charge in [0, 0.05) is 6.92 Å². The first-order valence-corrected chi connectivity index (χ1v) is 12.1. The predicted octanol–water partition coefficient (Wildman–Crippen LogP) is 2.94. The van der Waals surface area contributed by atoms with Crippen LogP contribution in [0.4, 0.5) is 0 Å². The normalized spacial score (nSPS) is 22.3. The summed E-state index contributed by atoms with van der Waals surface area (Å²) in [5, 5.41) is 10.9. The molecule has 0 spiro atoms. The number of benzene rings is 3. The van der Waals surface area contributed by atoms with E-state index in [2.05, 4.69) is 0 Å². The highest BCUT2D eigenvalue weighted by molar-refractivity contribution is 5.91. The van der Waals surface area contributed by atoms with E-state index in [1.807, 2.05) is 0 Å². The van der Waals surface area contributed by atoms with Gasteiger partial charge < -0.3 is 28.8 Å². The van der Waals surface area contributed by atoms with Crippen molar-refractivity contribution in [2.24, 2.45) is 0 Å². The third kappa shape index (κ3) is 7.07. The van der Waals surface area contributed by atoms with Crippen molar-refractivity contribution in [2.75, 3.05) is 6.61 Å². The number of aliphatic hydroxyl groups is 1. The van der Waals surface area contributed by atoms with Crippen molar-refractivity contribution in [3.8, 4) is 0 Å². The third-order valence-corrected chi connectivity index (χ3v) is 5.82. The number of hydrogen-bond acceptors (Lipinski definition) is 10. The summed E-state index contributed by atoms with van der Waals surface area (Å²) in [6, 6.07) is 23.9. The Morgan fingerprint density at radius 2 is 1.03 bits per heavy atom. The molecule has 0 aromatic heterocycles. The molecule has 1 fully saturated rings. The topological polar surface area (TPSA) is 135 Å². The summed E-state index contributed by atoms with van der Waals surface area (Å²) in [5.74, 6) is -3.13. The Morgan fingerprint density at radius 1 is 0.641 bits per heavy atom. The first-order valence-electron chi connectivity index (χ1n) is 12.1. The second-order valence-corrected chi connectivity index (χ2v) is 8.58. The van der Waals surface area contributed by atoms with E-state index in [1.165, 1.54) is 43.3 Å². The maximum absolute atomic E-state index is 13.1. The van der Waals surface area contributed by atoms with Crippen LogP contribution in [0.5, 0.6) is 0 Å². The van der Waals surface area contributed by atoms with Gasteiger partial charge in [0.15, 0.2) is 24.6 Å². The van der Waals surface area contributed by atoms with Crippen LogP contribution >= 0.6 is 0 Å². The monoisotopic (exact) mass is 534 g/mol. The summed E-state index contributed by atoms with van der Waals surface area (Å²) in [6.07, 6.45) is -7.67. The van der Waals surface area contributed by atoms with Gasteiger partial charge in [0.2, 0.25) is 0 Å². The number of carbonyl (C=O) groups is 4. The van der Waals surface area contributed by atoms with E-state index in [0.29, 0.717) is 0 Å². The van der Waals surface area contributed by atoms with Crippen LogP contribution in [0, 0.1) is 0 Å². The van der Waals surface area contributed by atoms with Crippen molar-refractivity contribution in [1.29, 1.82) is 0 Å². The number of carbonyl (C=O) groups excluding carboxylic acids is 4. The van der Waals surface area contributed by atoms with Crippen molar-refractivity contribution < 1.29 is 48.0 Å². The van der Waals surface area contributed by atoms with E-state index in [9.17, 15) is 24.3 Å². The Kier molecular flexibility index (Phi) is 9.03. The van der Waals surface area contributed by atoms with Crippen molar-refractivity contribution in [3.63, 3.8) is 0 Å². The van der Waals surface area contributed by atoms with Gasteiger partial charge in [-0.2, -0.15) is 0 Å². The highest BCUT2D eigenvalue weighted by Crippen LogP contribution is 2.30. The van der Waals surface area contributed by atoms with Gasteiger partial charge in [0.1, 0.15) is 12.7 Å². The van der Waals surface area contributed by atoms with Crippen LogP contribution in [0.1, 0.15) is 38.0 Å². The molecule has 3 aromatic rings. The average Bonchev–Trinajstić information content (AvgIpc) is 2.96. The Labute approximate surface area is 224 Å². The number of aliphatic hydroxyl groups excluding tert-OH is 1. The lowest BCUT2D eigenvalue weighted by molar-refractivity contribution is -0.285. The Balaban J connectivity index is 1.69. The van der Waals surface area contributed by atoms with Crippen LogP contribution in [0.25, 0.3) is 0 Å². The summed E-state index contributed by atoms with van der Waals surface area (Å²) < 4.78 is 27.6. The highest BCUT2D eigenvalue weighted by atomic mass is 16.7. The molecule has 3 aromatic carbocycles. The Bertz CT molecular complexity index is 1280. The van der Waals surface area contributed by atoms with Crippen LogP contribution < -0.4 is 0 Å². The first kappa shape index (κ1) is 27.5. The Morgan fingerprint density at radius 3 is 1.44 bits per heavy atom. The standard InChI is InChI=1S/C29H26O10/c1-18(30)35-17-22-23(37-26(31)19-11-5-2-6-12-19)24(38-27(32)20-13-7-3-8-14-20)25(29(34)36-22)39-28(33)21-15-9-4-10-16-21/h2-16,22-25,29,34H,17H2,1H3/t22-,23+,24+,25-,29-/m1/s1. The number of esters is 4.